The lowest BCUT2D eigenvalue weighted by atomic mass is 10.1. The Labute approximate surface area is 193 Å². The molecule has 12 nitrogen and oxygen atoms in total. The lowest BCUT2D eigenvalue weighted by molar-refractivity contribution is -0.122. The fourth-order valence-electron chi connectivity index (χ4n) is 3.24. The van der Waals surface area contributed by atoms with Crippen LogP contribution in [0.15, 0.2) is 47.6 Å². The van der Waals surface area contributed by atoms with Gasteiger partial charge in [-0.2, -0.15) is 8.99 Å². The first kappa shape index (κ1) is 22.6. The molecule has 0 spiro atoms. The summed E-state index contributed by atoms with van der Waals surface area (Å²) >= 11 is 6.31. The van der Waals surface area contributed by atoms with Gasteiger partial charge in [0.2, 0.25) is 15.9 Å². The Morgan fingerprint density at radius 3 is 2.79 bits per heavy atom. The predicted octanol–water partition coefficient (Wildman–Crippen LogP) is 0.697. The van der Waals surface area contributed by atoms with E-state index in [1.807, 2.05) is 0 Å². The number of sulfonamides is 1. The molecule has 0 bridgehead atoms. The van der Waals surface area contributed by atoms with E-state index in [4.69, 9.17) is 16.3 Å². The summed E-state index contributed by atoms with van der Waals surface area (Å²) in [6, 6.07) is 8.68. The van der Waals surface area contributed by atoms with Gasteiger partial charge < -0.3 is 15.4 Å². The smallest absolute Gasteiger partial charge is 0.259 e. The van der Waals surface area contributed by atoms with Gasteiger partial charge in [-0.15, -0.1) is 5.10 Å². The third-order valence-corrected chi connectivity index (χ3v) is 6.99. The van der Waals surface area contributed by atoms with E-state index >= 15 is 0 Å². The molecule has 0 aliphatic carbocycles. The van der Waals surface area contributed by atoms with Gasteiger partial charge in [0.15, 0.2) is 0 Å². The van der Waals surface area contributed by atoms with Gasteiger partial charge in [-0.3, -0.25) is 9.59 Å². The van der Waals surface area contributed by atoms with Gasteiger partial charge in [-0.25, -0.2) is 8.42 Å². The van der Waals surface area contributed by atoms with Gasteiger partial charge in [-0.1, -0.05) is 17.7 Å². The number of carbonyl (C=O) groups excluding carboxylic acids is 2. The van der Waals surface area contributed by atoms with Crippen molar-refractivity contribution in [2.75, 3.05) is 32.1 Å². The number of hydrogen-bond acceptors (Lipinski definition) is 8. The summed E-state index contributed by atoms with van der Waals surface area (Å²) in [5, 5.41) is 16.3. The monoisotopic (exact) mass is 491 g/mol. The first-order chi connectivity index (χ1) is 15.8. The molecule has 14 heteroatoms. The average Bonchev–Trinajstić information content (AvgIpc) is 3.33. The maximum atomic E-state index is 12.9. The molecule has 3 aromatic rings. The number of halogens is 1. The maximum absolute atomic E-state index is 12.9. The number of anilines is 1. The number of aromatic nitrogens is 4. The van der Waals surface area contributed by atoms with Crippen LogP contribution in [-0.2, 0) is 14.8 Å². The van der Waals surface area contributed by atoms with Gasteiger partial charge in [-0.05, 0) is 34.7 Å². The molecule has 0 saturated carbocycles. The molecule has 0 atom stereocenters. The summed E-state index contributed by atoms with van der Waals surface area (Å²) in [7, 11) is -2.52. The number of piperazine rings is 1. The van der Waals surface area contributed by atoms with Crippen LogP contribution in [0.3, 0.4) is 0 Å². The Kier molecular flexibility index (Phi) is 6.26. The Hall–Kier alpha value is -3.55. The van der Waals surface area contributed by atoms with Crippen LogP contribution in [0.2, 0.25) is 5.02 Å². The molecule has 0 unspecified atom stereocenters. The molecule has 33 heavy (non-hydrogen) atoms. The number of ether oxygens (including phenoxy) is 1. The minimum absolute atomic E-state index is 0.0472. The number of rotatable bonds is 6. The van der Waals surface area contributed by atoms with Crippen molar-refractivity contribution >= 4 is 39.1 Å². The SMILES string of the molecule is COc1cc(-n2cnnn2)c(Cl)cc1C(=O)Nc1cccc(S(=O)(=O)N2CCNC(=O)C2)c1. The van der Waals surface area contributed by atoms with Crippen LogP contribution in [0, 0.1) is 0 Å². The summed E-state index contributed by atoms with van der Waals surface area (Å²) in [6.45, 7) is 0.131. The Morgan fingerprint density at radius 1 is 1.27 bits per heavy atom. The number of nitrogens with zero attached hydrogens (tertiary/aromatic N) is 5. The highest BCUT2D eigenvalue weighted by atomic mass is 35.5. The Bertz CT molecular complexity index is 1310. The van der Waals surface area contributed by atoms with Crippen molar-refractivity contribution in [3.63, 3.8) is 0 Å². The van der Waals surface area contributed by atoms with E-state index in [0.717, 1.165) is 4.31 Å². The zero-order valence-corrected chi connectivity index (χ0v) is 18.8. The van der Waals surface area contributed by atoms with Crippen molar-refractivity contribution in [2.45, 2.75) is 4.90 Å². The molecule has 2 amide bonds. The number of amides is 2. The molecule has 2 N–H and O–H groups in total. The number of carbonyl (C=O) groups is 2. The van der Waals surface area contributed by atoms with Crippen molar-refractivity contribution in [3.8, 4) is 11.4 Å². The van der Waals surface area contributed by atoms with Crippen molar-refractivity contribution in [1.29, 1.82) is 0 Å². The normalized spacial score (nSPS) is 14.5. The van der Waals surface area contributed by atoms with Gasteiger partial charge in [0, 0.05) is 24.8 Å². The second-order valence-corrected chi connectivity index (χ2v) is 9.27. The number of tetrazole rings is 1. The third kappa shape index (κ3) is 4.65. The van der Waals surface area contributed by atoms with Crippen molar-refractivity contribution in [3.05, 3.63) is 53.3 Å². The molecule has 1 saturated heterocycles. The molecule has 1 aliphatic rings. The van der Waals surface area contributed by atoms with Crippen LogP contribution in [0.25, 0.3) is 5.69 Å². The summed E-state index contributed by atoms with van der Waals surface area (Å²) in [4.78, 5) is 24.5. The molecular weight excluding hydrogens is 474 g/mol. The Balaban J connectivity index is 1.59. The summed E-state index contributed by atoms with van der Waals surface area (Å²) < 4.78 is 33.6. The minimum atomic E-state index is -3.91. The summed E-state index contributed by atoms with van der Waals surface area (Å²) in [5.41, 5.74) is 0.777. The third-order valence-electron chi connectivity index (χ3n) is 4.84. The number of nitrogens with one attached hydrogen (secondary N) is 2. The predicted molar refractivity (Wildman–Crippen MR) is 117 cm³/mol. The maximum Gasteiger partial charge on any atom is 0.259 e. The van der Waals surface area contributed by atoms with Crippen LogP contribution >= 0.6 is 11.6 Å². The zero-order valence-electron chi connectivity index (χ0n) is 17.2. The number of methoxy groups -OCH3 is 1. The van der Waals surface area contributed by atoms with Crippen LogP contribution in [0.1, 0.15) is 10.4 Å². The molecule has 0 radical (unpaired) electrons. The highest BCUT2D eigenvalue weighted by Crippen LogP contribution is 2.30. The standard InChI is InChI=1S/C19H18ClN7O5S/c1-32-17-9-16(27-11-22-24-25-27)15(20)8-14(17)19(29)23-12-3-2-4-13(7-12)33(30,31)26-6-5-21-18(28)10-26/h2-4,7-9,11H,5-6,10H2,1H3,(H,21,28)(H,23,29). The van der Waals surface area contributed by atoms with Gasteiger partial charge in [0.05, 0.1) is 34.8 Å². The molecule has 2 aromatic carbocycles. The van der Waals surface area contributed by atoms with E-state index in [0.29, 0.717) is 5.69 Å². The second-order valence-electron chi connectivity index (χ2n) is 6.93. The van der Waals surface area contributed by atoms with E-state index in [1.54, 1.807) is 6.07 Å². The van der Waals surface area contributed by atoms with E-state index < -0.39 is 15.9 Å². The van der Waals surface area contributed by atoms with Crippen molar-refractivity contribution < 1.29 is 22.7 Å². The number of benzene rings is 2. The molecule has 4 rings (SSSR count). The van der Waals surface area contributed by atoms with E-state index in [-0.39, 0.29) is 52.5 Å². The van der Waals surface area contributed by atoms with Crippen LogP contribution in [0.5, 0.6) is 5.75 Å². The number of hydrogen-bond donors (Lipinski definition) is 2. The lowest BCUT2D eigenvalue weighted by Crippen LogP contribution is -2.49. The Morgan fingerprint density at radius 2 is 2.09 bits per heavy atom. The van der Waals surface area contributed by atoms with Crippen molar-refractivity contribution in [2.24, 2.45) is 0 Å². The van der Waals surface area contributed by atoms with Crippen molar-refractivity contribution in [1.82, 2.24) is 29.8 Å². The van der Waals surface area contributed by atoms with Gasteiger partial charge in [0.1, 0.15) is 12.1 Å². The molecule has 2 heterocycles. The van der Waals surface area contributed by atoms with Crippen LogP contribution in [0.4, 0.5) is 5.69 Å². The second kappa shape index (κ2) is 9.13. The van der Waals surface area contributed by atoms with E-state index in [9.17, 15) is 18.0 Å². The quantitative estimate of drug-likeness (QED) is 0.511. The first-order valence-corrected chi connectivity index (χ1v) is 11.4. The van der Waals surface area contributed by atoms with E-state index in [1.165, 1.54) is 48.5 Å². The molecule has 172 valence electrons. The molecule has 1 fully saturated rings. The summed E-state index contributed by atoms with van der Waals surface area (Å²) in [6.07, 6.45) is 1.35. The largest absolute Gasteiger partial charge is 0.496 e. The highest BCUT2D eigenvalue weighted by Gasteiger charge is 2.29. The fraction of sp³-hybridized carbons (Fsp3) is 0.211. The first-order valence-electron chi connectivity index (χ1n) is 9.59. The molecule has 1 aliphatic heterocycles. The van der Waals surface area contributed by atoms with Crippen LogP contribution in [-0.4, -0.2) is 71.5 Å². The van der Waals surface area contributed by atoms with Gasteiger partial charge >= 0.3 is 0 Å². The highest BCUT2D eigenvalue weighted by molar-refractivity contribution is 7.89. The average molecular weight is 492 g/mol. The van der Waals surface area contributed by atoms with E-state index in [2.05, 4.69) is 26.2 Å². The van der Waals surface area contributed by atoms with Gasteiger partial charge in [0.25, 0.3) is 5.91 Å². The zero-order chi connectivity index (χ0) is 23.6. The minimum Gasteiger partial charge on any atom is -0.496 e. The lowest BCUT2D eigenvalue weighted by Gasteiger charge is -2.26. The molecular formula is C19H18ClN7O5S. The summed E-state index contributed by atoms with van der Waals surface area (Å²) in [5.74, 6) is -0.724. The molecule has 1 aromatic heterocycles. The topological polar surface area (TPSA) is 148 Å². The fourth-order valence-corrected chi connectivity index (χ4v) is 4.93. The van der Waals surface area contributed by atoms with Crippen LogP contribution < -0.4 is 15.4 Å².